The van der Waals surface area contributed by atoms with Crippen molar-refractivity contribution in [2.45, 2.75) is 10.2 Å². The van der Waals surface area contributed by atoms with E-state index in [-0.39, 0.29) is 12.4 Å². The molecular formula is C9H12ClF2NO3S. The average molecular weight is 288 g/mol. The molecule has 4 nitrogen and oxygen atoms in total. The van der Waals surface area contributed by atoms with Crippen LogP contribution in [0.2, 0.25) is 0 Å². The van der Waals surface area contributed by atoms with Crippen molar-refractivity contribution >= 4 is 22.2 Å². The van der Waals surface area contributed by atoms with Crippen molar-refractivity contribution in [1.82, 2.24) is 0 Å². The van der Waals surface area contributed by atoms with E-state index >= 15 is 0 Å². The lowest BCUT2D eigenvalue weighted by Crippen LogP contribution is -2.36. The van der Waals surface area contributed by atoms with E-state index < -0.39 is 26.5 Å². The normalized spacial score (nSPS) is 11.8. The van der Waals surface area contributed by atoms with Crippen LogP contribution in [-0.4, -0.2) is 27.3 Å². The topological polar surface area (TPSA) is 69.4 Å². The minimum absolute atomic E-state index is 0. The molecule has 0 aliphatic heterocycles. The molecule has 0 bridgehead atoms. The Morgan fingerprint density at radius 3 is 2.12 bits per heavy atom. The second-order valence-corrected chi connectivity index (χ2v) is 5.10. The molecule has 0 aliphatic carbocycles. The minimum Gasteiger partial charge on any atom is -0.497 e. The molecule has 0 heterocycles. The molecule has 98 valence electrons. The number of alkyl halides is 2. The smallest absolute Gasteiger partial charge is 0.361 e. The molecule has 0 aromatic heterocycles. The maximum absolute atomic E-state index is 13.1. The number of ether oxygens (including phenoxy) is 1. The number of methoxy groups -OCH3 is 1. The zero-order valence-corrected chi connectivity index (χ0v) is 10.5. The van der Waals surface area contributed by atoms with Gasteiger partial charge in [-0.3, -0.25) is 0 Å². The standard InChI is InChI=1S/C9H11F2NO3S.ClH/c1-15-7-2-4-8(5-3-7)16(13,14)9(10,11)6-12;/h2-5H,6,12H2,1H3;1H. The van der Waals surface area contributed by atoms with Crippen molar-refractivity contribution in [2.75, 3.05) is 13.7 Å². The van der Waals surface area contributed by atoms with Gasteiger partial charge in [0.25, 0.3) is 0 Å². The summed E-state index contributed by atoms with van der Waals surface area (Å²) in [5.74, 6) is 0.384. The quantitative estimate of drug-likeness (QED) is 0.910. The van der Waals surface area contributed by atoms with Gasteiger partial charge in [0, 0.05) is 0 Å². The monoisotopic (exact) mass is 287 g/mol. The first-order valence-corrected chi connectivity index (χ1v) is 5.80. The zero-order valence-electron chi connectivity index (χ0n) is 8.89. The highest BCUT2D eigenvalue weighted by Gasteiger charge is 2.44. The summed E-state index contributed by atoms with van der Waals surface area (Å²) in [4.78, 5) is -0.483. The number of nitrogens with two attached hydrogens (primary N) is 1. The van der Waals surface area contributed by atoms with Crippen LogP contribution in [0.5, 0.6) is 5.75 Å². The van der Waals surface area contributed by atoms with Gasteiger partial charge in [0.15, 0.2) is 0 Å². The number of hydrogen-bond acceptors (Lipinski definition) is 4. The molecule has 0 unspecified atom stereocenters. The Kier molecular flexibility index (Phi) is 5.31. The van der Waals surface area contributed by atoms with Crippen LogP contribution >= 0.6 is 12.4 Å². The van der Waals surface area contributed by atoms with Crippen molar-refractivity contribution in [1.29, 1.82) is 0 Å². The van der Waals surface area contributed by atoms with Crippen LogP contribution in [0.3, 0.4) is 0 Å². The van der Waals surface area contributed by atoms with Crippen LogP contribution in [-0.2, 0) is 9.84 Å². The summed E-state index contributed by atoms with van der Waals surface area (Å²) in [5, 5.41) is -3.96. The first kappa shape index (κ1) is 16.1. The lowest BCUT2D eigenvalue weighted by Gasteiger charge is -2.14. The molecule has 2 N–H and O–H groups in total. The van der Waals surface area contributed by atoms with Crippen molar-refractivity contribution in [2.24, 2.45) is 5.73 Å². The molecule has 0 saturated carbocycles. The predicted octanol–water partition coefficient (Wildman–Crippen LogP) is 1.44. The van der Waals surface area contributed by atoms with Gasteiger partial charge in [-0.1, -0.05) is 0 Å². The maximum Gasteiger partial charge on any atom is 0.361 e. The van der Waals surface area contributed by atoms with Crippen molar-refractivity contribution < 1.29 is 21.9 Å². The van der Waals surface area contributed by atoms with Gasteiger partial charge in [0.1, 0.15) is 5.75 Å². The molecule has 0 atom stereocenters. The molecule has 0 saturated heterocycles. The molecule has 1 aromatic rings. The molecule has 0 fully saturated rings. The lowest BCUT2D eigenvalue weighted by atomic mass is 10.3. The first-order valence-electron chi connectivity index (χ1n) is 4.32. The van der Waals surface area contributed by atoms with Gasteiger partial charge in [0.2, 0.25) is 9.84 Å². The Labute approximate surface area is 104 Å². The highest BCUT2D eigenvalue weighted by atomic mass is 35.5. The second kappa shape index (κ2) is 5.61. The predicted molar refractivity (Wildman–Crippen MR) is 61.4 cm³/mol. The average Bonchev–Trinajstić information content (AvgIpc) is 2.29. The Hall–Kier alpha value is -0.920. The summed E-state index contributed by atoms with van der Waals surface area (Å²) in [7, 11) is -3.34. The van der Waals surface area contributed by atoms with E-state index in [1.165, 1.54) is 19.2 Å². The van der Waals surface area contributed by atoms with Gasteiger partial charge < -0.3 is 10.5 Å². The largest absolute Gasteiger partial charge is 0.497 e. The molecule has 1 rings (SSSR count). The van der Waals surface area contributed by atoms with Gasteiger partial charge in [0.05, 0.1) is 18.6 Å². The number of benzene rings is 1. The van der Waals surface area contributed by atoms with E-state index in [9.17, 15) is 17.2 Å². The van der Waals surface area contributed by atoms with Crippen LogP contribution in [0, 0.1) is 0 Å². The molecular weight excluding hydrogens is 276 g/mol. The molecule has 0 spiro atoms. The first-order chi connectivity index (χ1) is 7.35. The van der Waals surface area contributed by atoms with Crippen LogP contribution in [0.4, 0.5) is 8.78 Å². The molecule has 0 aliphatic rings. The number of sulfone groups is 1. The summed E-state index contributed by atoms with van der Waals surface area (Å²) >= 11 is 0. The highest BCUT2D eigenvalue weighted by Crippen LogP contribution is 2.28. The third kappa shape index (κ3) is 3.05. The third-order valence-electron chi connectivity index (χ3n) is 2.00. The van der Waals surface area contributed by atoms with E-state index in [2.05, 4.69) is 0 Å². The van der Waals surface area contributed by atoms with Crippen LogP contribution in [0.25, 0.3) is 0 Å². The van der Waals surface area contributed by atoms with Crippen molar-refractivity contribution in [3.63, 3.8) is 0 Å². The van der Waals surface area contributed by atoms with Gasteiger partial charge in [-0.25, -0.2) is 8.42 Å². The van der Waals surface area contributed by atoms with Crippen LogP contribution in [0.1, 0.15) is 0 Å². The summed E-state index contributed by atoms with van der Waals surface area (Å²) in [6, 6.07) is 4.69. The zero-order chi connectivity index (χ0) is 12.4. The Morgan fingerprint density at radius 1 is 1.29 bits per heavy atom. The summed E-state index contributed by atoms with van der Waals surface area (Å²) in [6.07, 6.45) is 0. The van der Waals surface area contributed by atoms with Crippen molar-refractivity contribution in [3.05, 3.63) is 24.3 Å². The third-order valence-corrected chi connectivity index (χ3v) is 3.85. The van der Waals surface area contributed by atoms with E-state index in [1.54, 1.807) is 0 Å². The fourth-order valence-electron chi connectivity index (χ4n) is 1.04. The summed E-state index contributed by atoms with van der Waals surface area (Å²) in [6.45, 7) is -1.25. The van der Waals surface area contributed by atoms with Gasteiger partial charge in [-0.15, -0.1) is 12.4 Å². The van der Waals surface area contributed by atoms with Gasteiger partial charge >= 0.3 is 5.25 Å². The minimum atomic E-state index is -4.73. The number of halogens is 3. The van der Waals surface area contributed by atoms with Gasteiger partial charge in [-0.05, 0) is 24.3 Å². The van der Waals surface area contributed by atoms with E-state index in [4.69, 9.17) is 10.5 Å². The van der Waals surface area contributed by atoms with E-state index in [1.807, 2.05) is 0 Å². The van der Waals surface area contributed by atoms with Crippen molar-refractivity contribution in [3.8, 4) is 5.75 Å². The number of hydrogen-bond donors (Lipinski definition) is 1. The number of rotatable bonds is 4. The Balaban J connectivity index is 0.00000256. The fourth-order valence-corrected chi connectivity index (χ4v) is 2.10. The lowest BCUT2D eigenvalue weighted by molar-refractivity contribution is 0.102. The second-order valence-electron chi connectivity index (χ2n) is 3.02. The van der Waals surface area contributed by atoms with Crippen LogP contribution < -0.4 is 10.5 Å². The fraction of sp³-hybridized carbons (Fsp3) is 0.333. The molecule has 17 heavy (non-hydrogen) atoms. The van der Waals surface area contributed by atoms with Gasteiger partial charge in [-0.2, -0.15) is 8.78 Å². The Bertz CT molecular complexity index is 462. The SMILES string of the molecule is COc1ccc(S(=O)(=O)C(F)(F)CN)cc1.Cl. The summed E-state index contributed by atoms with van der Waals surface area (Å²) in [5.41, 5.74) is 4.73. The molecule has 1 aromatic carbocycles. The van der Waals surface area contributed by atoms with E-state index in [0.29, 0.717) is 5.75 Å². The molecule has 0 amide bonds. The highest BCUT2D eigenvalue weighted by molar-refractivity contribution is 7.92. The van der Waals surface area contributed by atoms with E-state index in [0.717, 1.165) is 12.1 Å². The summed E-state index contributed by atoms with van der Waals surface area (Å²) < 4.78 is 53.7. The maximum atomic E-state index is 13.1. The molecule has 0 radical (unpaired) electrons. The molecule has 8 heteroatoms. The van der Waals surface area contributed by atoms with Crippen LogP contribution in [0.15, 0.2) is 29.2 Å². The Morgan fingerprint density at radius 2 is 1.76 bits per heavy atom.